The molecule has 0 radical (unpaired) electrons. The fourth-order valence-electron chi connectivity index (χ4n) is 2.38. The monoisotopic (exact) mass is 278 g/mol. The van der Waals surface area contributed by atoms with Gasteiger partial charge in [-0.3, -0.25) is 4.79 Å². The highest BCUT2D eigenvalue weighted by Crippen LogP contribution is 2.22. The van der Waals surface area contributed by atoms with Crippen LogP contribution < -0.4 is 5.32 Å². The third-order valence-corrected chi connectivity index (χ3v) is 4.49. The van der Waals surface area contributed by atoms with E-state index < -0.39 is 0 Å². The van der Waals surface area contributed by atoms with Crippen molar-refractivity contribution >= 4 is 17.7 Å². The predicted molar refractivity (Wildman–Crippen MR) is 79.3 cm³/mol. The average molecular weight is 278 g/mol. The number of aryl methyl sites for hydroxylation is 1. The summed E-state index contributed by atoms with van der Waals surface area (Å²) in [7, 11) is 0. The van der Waals surface area contributed by atoms with Crippen molar-refractivity contribution in [1.29, 1.82) is 0 Å². The van der Waals surface area contributed by atoms with Gasteiger partial charge in [-0.05, 0) is 37.3 Å². The van der Waals surface area contributed by atoms with Crippen molar-refractivity contribution in [3.05, 3.63) is 23.9 Å². The molecule has 1 fully saturated rings. The molecule has 1 aliphatic rings. The Labute approximate surface area is 119 Å². The Morgan fingerprint density at radius 3 is 2.84 bits per heavy atom. The van der Waals surface area contributed by atoms with Crippen LogP contribution in [0.1, 0.15) is 37.7 Å². The second kappa shape index (κ2) is 7.53. The normalized spacial score (nSPS) is 16.3. The molecule has 3 nitrogen and oxygen atoms in total. The van der Waals surface area contributed by atoms with Crippen LogP contribution in [-0.2, 0) is 4.79 Å². The highest BCUT2D eigenvalue weighted by molar-refractivity contribution is 7.99. The molecule has 0 atom stereocenters. The van der Waals surface area contributed by atoms with Gasteiger partial charge in [-0.15, -0.1) is 0 Å². The van der Waals surface area contributed by atoms with Crippen molar-refractivity contribution in [2.24, 2.45) is 5.92 Å². The molecule has 1 N–H and O–H groups in total. The topological polar surface area (TPSA) is 42.0 Å². The molecule has 0 aliphatic heterocycles. The zero-order chi connectivity index (χ0) is 13.5. The number of carbonyl (C=O) groups excluding carboxylic acids is 1. The number of nitrogens with one attached hydrogen (secondary N) is 1. The first-order valence-corrected chi connectivity index (χ1v) is 8.05. The molecule has 19 heavy (non-hydrogen) atoms. The van der Waals surface area contributed by atoms with Gasteiger partial charge >= 0.3 is 0 Å². The van der Waals surface area contributed by atoms with Gasteiger partial charge in [-0.25, -0.2) is 4.98 Å². The average Bonchev–Trinajstić information content (AvgIpc) is 2.45. The van der Waals surface area contributed by atoms with E-state index in [-0.39, 0.29) is 5.91 Å². The molecule has 104 valence electrons. The van der Waals surface area contributed by atoms with Crippen molar-refractivity contribution in [1.82, 2.24) is 10.3 Å². The molecule has 0 aromatic carbocycles. The van der Waals surface area contributed by atoms with E-state index in [4.69, 9.17) is 0 Å². The van der Waals surface area contributed by atoms with Crippen LogP contribution in [0.25, 0.3) is 0 Å². The van der Waals surface area contributed by atoms with Crippen molar-refractivity contribution in [2.75, 3.05) is 12.3 Å². The van der Waals surface area contributed by atoms with Crippen LogP contribution in [0.5, 0.6) is 0 Å². The Kier molecular flexibility index (Phi) is 5.70. The number of hydrogen-bond donors (Lipinski definition) is 1. The summed E-state index contributed by atoms with van der Waals surface area (Å²) >= 11 is 1.50. The van der Waals surface area contributed by atoms with E-state index in [0.717, 1.165) is 17.1 Å². The number of aromatic nitrogens is 1. The Hall–Kier alpha value is -1.03. The van der Waals surface area contributed by atoms with Crippen LogP contribution in [0.3, 0.4) is 0 Å². The molecule has 0 saturated heterocycles. The maximum atomic E-state index is 11.8. The second-order valence-corrected chi connectivity index (χ2v) is 6.27. The van der Waals surface area contributed by atoms with E-state index in [1.54, 1.807) is 0 Å². The predicted octanol–water partition coefficient (Wildman–Crippen LogP) is 3.18. The minimum atomic E-state index is 0.123. The third-order valence-electron chi connectivity index (χ3n) is 3.55. The van der Waals surface area contributed by atoms with E-state index in [2.05, 4.69) is 10.3 Å². The van der Waals surface area contributed by atoms with Crippen molar-refractivity contribution in [2.45, 2.75) is 44.1 Å². The SMILES string of the molecule is Cc1ccc(SCC(=O)NCC2CCCCC2)nc1. The minimum Gasteiger partial charge on any atom is -0.355 e. The Morgan fingerprint density at radius 1 is 1.37 bits per heavy atom. The van der Waals surface area contributed by atoms with Gasteiger partial charge in [0, 0.05) is 12.7 Å². The summed E-state index contributed by atoms with van der Waals surface area (Å²) < 4.78 is 0. The smallest absolute Gasteiger partial charge is 0.230 e. The number of nitrogens with zero attached hydrogens (tertiary/aromatic N) is 1. The van der Waals surface area contributed by atoms with Gasteiger partial charge in [-0.1, -0.05) is 37.1 Å². The first-order valence-electron chi connectivity index (χ1n) is 7.06. The van der Waals surface area contributed by atoms with Crippen LogP contribution >= 0.6 is 11.8 Å². The maximum Gasteiger partial charge on any atom is 0.230 e. The molecule has 1 aromatic heterocycles. The van der Waals surface area contributed by atoms with E-state index >= 15 is 0 Å². The summed E-state index contributed by atoms with van der Waals surface area (Å²) in [5, 5.41) is 3.96. The summed E-state index contributed by atoms with van der Waals surface area (Å²) in [5.74, 6) is 1.28. The van der Waals surface area contributed by atoms with E-state index in [1.807, 2.05) is 25.3 Å². The van der Waals surface area contributed by atoms with Gasteiger partial charge in [0.25, 0.3) is 0 Å². The zero-order valence-electron chi connectivity index (χ0n) is 11.5. The first-order chi connectivity index (χ1) is 9.24. The lowest BCUT2D eigenvalue weighted by Gasteiger charge is -2.21. The molecular formula is C15H22N2OS. The highest BCUT2D eigenvalue weighted by Gasteiger charge is 2.14. The fourth-order valence-corrected chi connectivity index (χ4v) is 3.05. The Bertz CT molecular complexity index is 399. The second-order valence-electron chi connectivity index (χ2n) is 5.27. The lowest BCUT2D eigenvalue weighted by molar-refractivity contribution is -0.118. The Morgan fingerprint density at radius 2 is 2.16 bits per heavy atom. The van der Waals surface area contributed by atoms with Gasteiger partial charge < -0.3 is 5.32 Å². The van der Waals surface area contributed by atoms with Gasteiger partial charge in [0.15, 0.2) is 0 Å². The van der Waals surface area contributed by atoms with Gasteiger partial charge in [0.1, 0.15) is 0 Å². The van der Waals surface area contributed by atoms with Crippen LogP contribution in [0.2, 0.25) is 0 Å². The standard InChI is InChI=1S/C15H22N2OS/c1-12-7-8-15(17-9-12)19-11-14(18)16-10-13-5-3-2-4-6-13/h7-9,13H,2-6,10-11H2,1H3,(H,16,18). The van der Waals surface area contributed by atoms with Crippen molar-refractivity contribution in [3.8, 4) is 0 Å². The quantitative estimate of drug-likeness (QED) is 0.841. The number of thioether (sulfide) groups is 1. The van der Waals surface area contributed by atoms with E-state index in [9.17, 15) is 4.79 Å². The van der Waals surface area contributed by atoms with Crippen LogP contribution in [0.15, 0.2) is 23.4 Å². The molecule has 1 saturated carbocycles. The summed E-state index contributed by atoms with van der Waals surface area (Å²) in [4.78, 5) is 16.0. The number of carbonyl (C=O) groups is 1. The summed E-state index contributed by atoms with van der Waals surface area (Å²) in [6.07, 6.45) is 8.38. The zero-order valence-corrected chi connectivity index (χ0v) is 12.3. The highest BCUT2D eigenvalue weighted by atomic mass is 32.2. The number of amides is 1. The van der Waals surface area contributed by atoms with E-state index in [0.29, 0.717) is 11.7 Å². The summed E-state index contributed by atoms with van der Waals surface area (Å²) in [6.45, 7) is 2.86. The molecule has 0 unspecified atom stereocenters. The summed E-state index contributed by atoms with van der Waals surface area (Å²) in [5.41, 5.74) is 1.14. The van der Waals surface area contributed by atoms with Gasteiger partial charge in [0.2, 0.25) is 5.91 Å². The first kappa shape index (κ1) is 14.4. The molecule has 1 heterocycles. The fraction of sp³-hybridized carbons (Fsp3) is 0.600. The lowest BCUT2D eigenvalue weighted by atomic mass is 9.89. The molecule has 0 spiro atoms. The molecular weight excluding hydrogens is 256 g/mol. The Balaban J connectivity index is 1.65. The molecule has 1 aromatic rings. The van der Waals surface area contributed by atoms with Gasteiger partial charge in [0.05, 0.1) is 10.8 Å². The van der Waals surface area contributed by atoms with Crippen LogP contribution in [-0.4, -0.2) is 23.2 Å². The largest absolute Gasteiger partial charge is 0.355 e. The molecule has 1 aliphatic carbocycles. The molecule has 0 bridgehead atoms. The van der Waals surface area contributed by atoms with E-state index in [1.165, 1.54) is 43.9 Å². The molecule has 2 rings (SSSR count). The lowest BCUT2D eigenvalue weighted by Crippen LogP contribution is -2.31. The maximum absolute atomic E-state index is 11.8. The number of rotatable bonds is 5. The number of pyridine rings is 1. The van der Waals surface area contributed by atoms with Crippen LogP contribution in [0.4, 0.5) is 0 Å². The molecule has 4 heteroatoms. The molecule has 1 amide bonds. The van der Waals surface area contributed by atoms with Gasteiger partial charge in [-0.2, -0.15) is 0 Å². The van der Waals surface area contributed by atoms with Crippen molar-refractivity contribution < 1.29 is 4.79 Å². The van der Waals surface area contributed by atoms with Crippen LogP contribution in [0, 0.1) is 12.8 Å². The third kappa shape index (κ3) is 5.23. The number of hydrogen-bond acceptors (Lipinski definition) is 3. The summed E-state index contributed by atoms with van der Waals surface area (Å²) in [6, 6.07) is 3.99. The van der Waals surface area contributed by atoms with Crippen molar-refractivity contribution in [3.63, 3.8) is 0 Å². The minimum absolute atomic E-state index is 0.123.